The molecule has 0 aromatic heterocycles. The summed E-state index contributed by atoms with van der Waals surface area (Å²) in [6.07, 6.45) is 0. The van der Waals surface area contributed by atoms with Gasteiger partial charge in [0.2, 0.25) is 5.91 Å². The molecule has 0 radical (unpaired) electrons. The monoisotopic (exact) mass is 468 g/mol. The Kier molecular flexibility index (Phi) is 7.95. The average molecular weight is 469 g/mol. The lowest BCUT2D eigenvalue weighted by Gasteiger charge is -2.25. The van der Waals surface area contributed by atoms with Gasteiger partial charge in [0.25, 0.3) is 10.0 Å². The summed E-state index contributed by atoms with van der Waals surface area (Å²) >= 11 is 0. The number of hydrogen-bond acceptors (Lipinski definition) is 5. The molecule has 0 spiro atoms. The number of benzene rings is 3. The van der Waals surface area contributed by atoms with Crippen molar-refractivity contribution in [3.05, 3.63) is 84.4 Å². The number of ether oxygens (including phenoxy) is 2. The topological polar surface area (TPSA) is 84.9 Å². The third-order valence-electron chi connectivity index (χ3n) is 5.05. The van der Waals surface area contributed by atoms with E-state index in [0.29, 0.717) is 23.8 Å². The molecule has 0 aliphatic carbocycles. The maximum atomic E-state index is 13.4. The van der Waals surface area contributed by atoms with Gasteiger partial charge in [0.15, 0.2) is 0 Å². The summed E-state index contributed by atoms with van der Waals surface area (Å²) in [4.78, 5) is 13.0. The standard InChI is InChI=1S/C25H28N2O5S/c1-4-32-23-16-12-21(13-17-23)27(33(29,30)24-8-6-5-7-9-24)18-25(28)26-19(2)20-10-14-22(31-3)15-11-20/h5-17,19H,4,18H2,1-3H3,(H,26,28). The molecule has 3 aromatic carbocycles. The molecule has 0 fully saturated rings. The number of sulfonamides is 1. The van der Waals surface area contributed by atoms with Crippen LogP contribution in [-0.4, -0.2) is 34.6 Å². The average Bonchev–Trinajstić information content (AvgIpc) is 2.84. The van der Waals surface area contributed by atoms with Crippen molar-refractivity contribution < 1.29 is 22.7 Å². The van der Waals surface area contributed by atoms with E-state index in [1.54, 1.807) is 49.6 Å². The first-order valence-corrected chi connectivity index (χ1v) is 12.0. The Morgan fingerprint density at radius 3 is 2.12 bits per heavy atom. The van der Waals surface area contributed by atoms with E-state index in [9.17, 15) is 13.2 Å². The minimum absolute atomic E-state index is 0.106. The summed E-state index contributed by atoms with van der Waals surface area (Å²) in [5, 5.41) is 2.88. The lowest BCUT2D eigenvalue weighted by atomic mass is 10.1. The highest BCUT2D eigenvalue weighted by Crippen LogP contribution is 2.26. The SMILES string of the molecule is CCOc1ccc(N(CC(=O)NC(C)c2ccc(OC)cc2)S(=O)(=O)c2ccccc2)cc1. The Bertz CT molecular complexity index is 1150. The molecule has 33 heavy (non-hydrogen) atoms. The van der Waals surface area contributed by atoms with Crippen LogP contribution in [0.3, 0.4) is 0 Å². The highest BCUT2D eigenvalue weighted by molar-refractivity contribution is 7.92. The molecule has 174 valence electrons. The molecule has 0 saturated carbocycles. The number of methoxy groups -OCH3 is 1. The Balaban J connectivity index is 1.84. The third-order valence-corrected chi connectivity index (χ3v) is 6.84. The molecule has 0 bridgehead atoms. The maximum Gasteiger partial charge on any atom is 0.264 e. The molecule has 0 aliphatic heterocycles. The van der Waals surface area contributed by atoms with Gasteiger partial charge < -0.3 is 14.8 Å². The number of nitrogens with one attached hydrogen (secondary N) is 1. The summed E-state index contributed by atoms with van der Waals surface area (Å²) in [6.45, 7) is 3.84. The zero-order chi connectivity index (χ0) is 23.8. The van der Waals surface area contributed by atoms with Crippen LogP contribution in [0.4, 0.5) is 5.69 Å². The first-order chi connectivity index (χ1) is 15.8. The van der Waals surface area contributed by atoms with Crippen LogP contribution >= 0.6 is 0 Å². The van der Waals surface area contributed by atoms with Crippen molar-refractivity contribution in [1.29, 1.82) is 0 Å². The molecular weight excluding hydrogens is 440 g/mol. The molecule has 1 unspecified atom stereocenters. The van der Waals surface area contributed by atoms with Crippen LogP contribution in [0.1, 0.15) is 25.5 Å². The van der Waals surface area contributed by atoms with Gasteiger partial charge >= 0.3 is 0 Å². The van der Waals surface area contributed by atoms with Crippen molar-refractivity contribution in [1.82, 2.24) is 5.32 Å². The molecule has 8 heteroatoms. The molecule has 1 N–H and O–H groups in total. The number of anilines is 1. The lowest BCUT2D eigenvalue weighted by Crippen LogP contribution is -2.41. The van der Waals surface area contributed by atoms with Gasteiger partial charge in [-0.25, -0.2) is 8.42 Å². The molecule has 0 saturated heterocycles. The number of amides is 1. The zero-order valence-electron chi connectivity index (χ0n) is 18.9. The van der Waals surface area contributed by atoms with E-state index >= 15 is 0 Å². The number of rotatable bonds is 10. The van der Waals surface area contributed by atoms with E-state index in [0.717, 1.165) is 9.87 Å². The predicted octanol–water partition coefficient (Wildman–Crippen LogP) is 4.17. The van der Waals surface area contributed by atoms with Gasteiger partial charge in [0.1, 0.15) is 18.0 Å². The van der Waals surface area contributed by atoms with Crippen LogP contribution < -0.4 is 19.1 Å². The van der Waals surface area contributed by atoms with Crippen LogP contribution in [0.2, 0.25) is 0 Å². The van der Waals surface area contributed by atoms with Gasteiger partial charge in [0, 0.05) is 0 Å². The molecule has 3 rings (SSSR count). The maximum absolute atomic E-state index is 13.4. The second kappa shape index (κ2) is 10.9. The third kappa shape index (κ3) is 6.04. The second-order valence-electron chi connectivity index (χ2n) is 7.31. The predicted molar refractivity (Wildman–Crippen MR) is 128 cm³/mol. The van der Waals surface area contributed by atoms with Crippen molar-refractivity contribution in [3.8, 4) is 11.5 Å². The molecule has 3 aromatic rings. The van der Waals surface area contributed by atoms with Crippen molar-refractivity contribution in [2.75, 3.05) is 24.6 Å². The Morgan fingerprint density at radius 2 is 1.55 bits per heavy atom. The van der Waals surface area contributed by atoms with E-state index in [-0.39, 0.29) is 17.5 Å². The summed E-state index contributed by atoms with van der Waals surface area (Å²) in [6, 6.07) is 21.7. The molecule has 0 aliphatic rings. The van der Waals surface area contributed by atoms with Crippen molar-refractivity contribution >= 4 is 21.6 Å². The zero-order valence-corrected chi connectivity index (χ0v) is 19.7. The van der Waals surface area contributed by atoms with Crippen molar-refractivity contribution in [3.63, 3.8) is 0 Å². The van der Waals surface area contributed by atoms with Gasteiger partial charge in [-0.05, 0) is 67.9 Å². The molecule has 1 atom stereocenters. The number of carbonyl (C=O) groups is 1. The van der Waals surface area contributed by atoms with Crippen LogP contribution in [0.15, 0.2) is 83.8 Å². The normalized spacial score (nSPS) is 12.0. The lowest BCUT2D eigenvalue weighted by molar-refractivity contribution is -0.120. The summed E-state index contributed by atoms with van der Waals surface area (Å²) in [5.41, 5.74) is 1.25. The van der Waals surface area contributed by atoms with Gasteiger partial charge in [-0.15, -0.1) is 0 Å². The first-order valence-electron chi connectivity index (χ1n) is 10.6. The van der Waals surface area contributed by atoms with Crippen LogP contribution in [0.25, 0.3) is 0 Å². The summed E-state index contributed by atoms with van der Waals surface area (Å²) in [7, 11) is -2.38. The Morgan fingerprint density at radius 1 is 0.939 bits per heavy atom. The smallest absolute Gasteiger partial charge is 0.264 e. The van der Waals surface area contributed by atoms with Gasteiger partial charge in [-0.1, -0.05) is 30.3 Å². The first kappa shape index (κ1) is 24.1. The highest BCUT2D eigenvalue weighted by atomic mass is 32.2. The molecule has 1 amide bonds. The Hall–Kier alpha value is -3.52. The van der Waals surface area contributed by atoms with Crippen LogP contribution in [-0.2, 0) is 14.8 Å². The minimum atomic E-state index is -3.97. The second-order valence-corrected chi connectivity index (χ2v) is 9.18. The fourth-order valence-electron chi connectivity index (χ4n) is 3.30. The van der Waals surface area contributed by atoms with E-state index < -0.39 is 15.9 Å². The van der Waals surface area contributed by atoms with Crippen LogP contribution in [0, 0.1) is 0 Å². The quantitative estimate of drug-likeness (QED) is 0.483. The molecule has 7 nitrogen and oxygen atoms in total. The largest absolute Gasteiger partial charge is 0.497 e. The van der Waals surface area contributed by atoms with Gasteiger partial charge in [-0.2, -0.15) is 0 Å². The summed E-state index contributed by atoms with van der Waals surface area (Å²) < 4.78 is 38.5. The van der Waals surface area contributed by atoms with E-state index in [1.165, 1.54) is 12.1 Å². The number of carbonyl (C=O) groups excluding carboxylic acids is 1. The molecule has 0 heterocycles. The number of hydrogen-bond donors (Lipinski definition) is 1. The van der Waals surface area contributed by atoms with E-state index in [2.05, 4.69) is 5.32 Å². The summed E-state index contributed by atoms with van der Waals surface area (Å²) in [5.74, 6) is 0.913. The van der Waals surface area contributed by atoms with E-state index in [1.807, 2.05) is 38.1 Å². The Labute approximate surface area is 195 Å². The highest BCUT2D eigenvalue weighted by Gasteiger charge is 2.27. The van der Waals surface area contributed by atoms with Crippen LogP contribution in [0.5, 0.6) is 11.5 Å². The van der Waals surface area contributed by atoms with Crippen molar-refractivity contribution in [2.24, 2.45) is 0 Å². The number of nitrogens with zero attached hydrogens (tertiary/aromatic N) is 1. The minimum Gasteiger partial charge on any atom is -0.497 e. The fraction of sp³-hybridized carbons (Fsp3) is 0.240. The van der Waals surface area contributed by atoms with Crippen molar-refractivity contribution in [2.45, 2.75) is 24.8 Å². The van der Waals surface area contributed by atoms with E-state index in [4.69, 9.17) is 9.47 Å². The van der Waals surface area contributed by atoms with Gasteiger partial charge in [-0.3, -0.25) is 9.10 Å². The fourth-order valence-corrected chi connectivity index (χ4v) is 4.75. The molecular formula is C25H28N2O5S. The van der Waals surface area contributed by atoms with Gasteiger partial charge in [0.05, 0.1) is 30.3 Å².